The molecule has 0 N–H and O–H groups in total. The zero-order chi connectivity index (χ0) is 27.1. The molecule has 192 valence electrons. The molecule has 1 aromatic heterocycles. The predicted molar refractivity (Wildman–Crippen MR) is 176 cm³/mol. The van der Waals surface area contributed by atoms with Gasteiger partial charge in [-0.2, -0.15) is 0 Å². The van der Waals surface area contributed by atoms with E-state index in [-0.39, 0.29) is 0 Å². The van der Waals surface area contributed by atoms with Gasteiger partial charge in [0.2, 0.25) is 0 Å². The second kappa shape index (κ2) is 8.60. The van der Waals surface area contributed by atoms with Crippen molar-refractivity contribution < 1.29 is 0 Å². The molecule has 0 saturated heterocycles. The van der Waals surface area contributed by atoms with Crippen LogP contribution in [0.5, 0.6) is 0 Å². The molecule has 7 aromatic carbocycles. The van der Waals surface area contributed by atoms with E-state index in [9.17, 15) is 0 Å². The Morgan fingerprint density at radius 3 is 2.20 bits per heavy atom. The van der Waals surface area contributed by atoms with E-state index in [2.05, 4.69) is 145 Å². The Hall–Kier alpha value is -4.79. The smallest absolute Gasteiger partial charge is 0.0576 e. The van der Waals surface area contributed by atoms with Gasteiger partial charge in [-0.05, 0) is 93.4 Å². The maximum Gasteiger partial charge on any atom is 0.0576 e. The first-order valence-electron chi connectivity index (χ1n) is 14.1. The van der Waals surface area contributed by atoms with Crippen LogP contribution in [0.15, 0.2) is 143 Å². The Labute approximate surface area is 242 Å². The van der Waals surface area contributed by atoms with Crippen LogP contribution < -0.4 is 0 Å². The highest BCUT2D eigenvalue weighted by atomic mass is 32.2. The molecule has 2 heteroatoms. The highest BCUT2D eigenvalue weighted by Crippen LogP contribution is 2.49. The van der Waals surface area contributed by atoms with E-state index < -0.39 is 0 Å². The molecule has 0 fully saturated rings. The Bertz CT molecular complexity index is 2350. The average molecular weight is 540 g/mol. The number of aryl methyl sites for hydroxylation is 1. The zero-order valence-corrected chi connectivity index (χ0v) is 23.4. The molecular formula is C39H25NS. The summed E-state index contributed by atoms with van der Waals surface area (Å²) in [6.07, 6.45) is 0. The highest BCUT2D eigenvalue weighted by Gasteiger charge is 2.20. The average Bonchev–Trinajstić information content (AvgIpc) is 3.36. The molecular weight excluding hydrogens is 515 g/mol. The normalized spacial score (nSPS) is 12.4. The molecule has 0 atom stereocenters. The van der Waals surface area contributed by atoms with Gasteiger partial charge in [0.25, 0.3) is 0 Å². The van der Waals surface area contributed by atoms with Crippen molar-refractivity contribution in [1.82, 2.24) is 4.57 Å². The van der Waals surface area contributed by atoms with Crippen LogP contribution in [-0.2, 0) is 0 Å². The Kier molecular flexibility index (Phi) is 4.82. The zero-order valence-electron chi connectivity index (χ0n) is 22.6. The third-order valence-corrected chi connectivity index (χ3v) is 9.86. The molecule has 41 heavy (non-hydrogen) atoms. The summed E-state index contributed by atoms with van der Waals surface area (Å²) < 4.78 is 2.46. The number of rotatable bonds is 2. The van der Waals surface area contributed by atoms with Crippen molar-refractivity contribution in [2.75, 3.05) is 0 Å². The fraction of sp³-hybridized carbons (Fsp3) is 0.0256. The molecule has 0 radical (unpaired) electrons. The topological polar surface area (TPSA) is 4.93 Å². The second-order valence-electron chi connectivity index (χ2n) is 11.0. The van der Waals surface area contributed by atoms with Crippen LogP contribution in [0.2, 0.25) is 0 Å². The van der Waals surface area contributed by atoms with Crippen molar-refractivity contribution in [2.45, 2.75) is 16.7 Å². The van der Waals surface area contributed by atoms with Gasteiger partial charge in [-0.15, -0.1) is 0 Å². The first-order valence-corrected chi connectivity index (χ1v) is 14.9. The number of fused-ring (bicyclic) bond motifs is 6. The van der Waals surface area contributed by atoms with Gasteiger partial charge in [-0.1, -0.05) is 103 Å². The minimum Gasteiger partial charge on any atom is -0.309 e. The van der Waals surface area contributed by atoms with E-state index in [1.165, 1.54) is 86.6 Å². The van der Waals surface area contributed by atoms with Crippen LogP contribution in [0.25, 0.3) is 71.3 Å². The van der Waals surface area contributed by atoms with Gasteiger partial charge in [0.15, 0.2) is 0 Å². The Balaban J connectivity index is 1.26. The molecule has 8 aromatic rings. The van der Waals surface area contributed by atoms with Crippen LogP contribution in [0.1, 0.15) is 5.56 Å². The summed E-state index contributed by atoms with van der Waals surface area (Å²) in [5.74, 6) is 0. The van der Waals surface area contributed by atoms with Crippen LogP contribution >= 0.6 is 11.8 Å². The summed E-state index contributed by atoms with van der Waals surface area (Å²) in [4.78, 5) is 2.66. The van der Waals surface area contributed by atoms with Crippen LogP contribution in [0.3, 0.4) is 0 Å². The number of benzene rings is 7. The van der Waals surface area contributed by atoms with Crippen molar-refractivity contribution in [3.8, 4) is 27.9 Å². The van der Waals surface area contributed by atoms with E-state index in [0.717, 1.165) is 0 Å². The van der Waals surface area contributed by atoms with Gasteiger partial charge in [0.1, 0.15) is 0 Å². The van der Waals surface area contributed by atoms with Crippen LogP contribution in [-0.4, -0.2) is 4.57 Å². The predicted octanol–water partition coefficient (Wildman–Crippen LogP) is 11.2. The second-order valence-corrected chi connectivity index (χ2v) is 12.1. The Morgan fingerprint density at radius 1 is 0.512 bits per heavy atom. The minimum atomic E-state index is 1.19. The third kappa shape index (κ3) is 3.32. The van der Waals surface area contributed by atoms with Crippen molar-refractivity contribution in [3.63, 3.8) is 0 Å². The first-order chi connectivity index (χ1) is 20.2. The van der Waals surface area contributed by atoms with Crippen molar-refractivity contribution in [1.29, 1.82) is 0 Å². The molecule has 1 aliphatic rings. The van der Waals surface area contributed by atoms with Gasteiger partial charge in [0.05, 0.1) is 11.0 Å². The highest BCUT2D eigenvalue weighted by molar-refractivity contribution is 7.99. The largest absolute Gasteiger partial charge is 0.309 e. The molecule has 0 bridgehead atoms. The van der Waals surface area contributed by atoms with E-state index >= 15 is 0 Å². The fourth-order valence-electron chi connectivity index (χ4n) is 6.86. The van der Waals surface area contributed by atoms with E-state index in [4.69, 9.17) is 0 Å². The summed E-state index contributed by atoms with van der Waals surface area (Å²) in [6, 6.07) is 49.2. The summed E-state index contributed by atoms with van der Waals surface area (Å²) >= 11 is 1.88. The number of hydrogen-bond donors (Lipinski definition) is 0. The molecule has 0 aliphatic carbocycles. The van der Waals surface area contributed by atoms with Crippen molar-refractivity contribution >= 4 is 55.1 Å². The number of hydrogen-bond acceptors (Lipinski definition) is 1. The first kappa shape index (κ1) is 23.0. The van der Waals surface area contributed by atoms with Gasteiger partial charge in [-0.3, -0.25) is 0 Å². The standard InChI is InChI=1S/C39H25NS/c1-24-30-14-3-2-9-28(30)23-34-31-15-4-5-17-35(31)40(39(24)34)29-13-6-12-26(21-29)27-19-20-36-33(22-27)32-16-7-10-25-11-8-18-37(41-36)38(25)32/h2-23H,1H3. The molecule has 9 rings (SSSR count). The van der Waals surface area contributed by atoms with Crippen LogP contribution in [0, 0.1) is 6.92 Å². The summed E-state index contributed by atoms with van der Waals surface area (Å²) in [5, 5.41) is 7.87. The van der Waals surface area contributed by atoms with Crippen molar-refractivity contribution in [3.05, 3.63) is 139 Å². The van der Waals surface area contributed by atoms with E-state index in [1.807, 2.05) is 11.8 Å². The van der Waals surface area contributed by atoms with Gasteiger partial charge in [-0.25, -0.2) is 0 Å². The number of para-hydroxylation sites is 1. The molecule has 0 spiro atoms. The van der Waals surface area contributed by atoms with Crippen molar-refractivity contribution in [2.24, 2.45) is 0 Å². The lowest BCUT2D eigenvalue weighted by Gasteiger charge is -2.21. The minimum absolute atomic E-state index is 1.19. The monoisotopic (exact) mass is 539 g/mol. The quantitative estimate of drug-likeness (QED) is 0.211. The Morgan fingerprint density at radius 2 is 1.27 bits per heavy atom. The molecule has 2 heterocycles. The lowest BCUT2D eigenvalue weighted by molar-refractivity contribution is 1.17. The molecule has 0 amide bonds. The maximum atomic E-state index is 2.46. The molecule has 1 nitrogen and oxygen atoms in total. The lowest BCUT2D eigenvalue weighted by atomic mass is 9.94. The molecule has 0 saturated carbocycles. The van der Waals surface area contributed by atoms with Gasteiger partial charge >= 0.3 is 0 Å². The van der Waals surface area contributed by atoms with Gasteiger partial charge < -0.3 is 4.57 Å². The third-order valence-electron chi connectivity index (χ3n) is 8.73. The summed E-state index contributed by atoms with van der Waals surface area (Å²) in [5.41, 5.74) is 10.1. The van der Waals surface area contributed by atoms with Gasteiger partial charge in [0, 0.05) is 31.6 Å². The fourth-order valence-corrected chi connectivity index (χ4v) is 7.99. The maximum absolute atomic E-state index is 2.46. The van der Waals surface area contributed by atoms with E-state index in [0.29, 0.717) is 0 Å². The number of aromatic nitrogens is 1. The van der Waals surface area contributed by atoms with E-state index in [1.54, 1.807) is 0 Å². The summed E-state index contributed by atoms with van der Waals surface area (Å²) in [7, 11) is 0. The molecule has 0 unspecified atom stereocenters. The SMILES string of the molecule is Cc1c2ccccc2cc2c3ccccc3n(-c3cccc(-c4ccc5c(c4)-c4cccc6cccc(c46)S5)c3)c12. The molecule has 1 aliphatic heterocycles. The number of nitrogens with zero attached hydrogens (tertiary/aromatic N) is 1. The van der Waals surface area contributed by atoms with Crippen LogP contribution in [0.4, 0.5) is 0 Å². The summed E-state index contributed by atoms with van der Waals surface area (Å²) in [6.45, 7) is 2.27. The lowest BCUT2D eigenvalue weighted by Crippen LogP contribution is -1.97.